The van der Waals surface area contributed by atoms with Gasteiger partial charge in [0.25, 0.3) is 0 Å². The number of nitrogens with one attached hydrogen (secondary N) is 1. The van der Waals surface area contributed by atoms with E-state index in [0.717, 1.165) is 38.1 Å². The van der Waals surface area contributed by atoms with Gasteiger partial charge in [-0.1, -0.05) is 30.6 Å². The predicted molar refractivity (Wildman–Crippen MR) is 127 cm³/mol. The third-order valence-corrected chi connectivity index (χ3v) is 7.00. The Morgan fingerprint density at radius 2 is 2.03 bits per heavy atom. The van der Waals surface area contributed by atoms with Crippen LogP contribution in [0.2, 0.25) is 0 Å². The number of aromatic nitrogens is 4. The second kappa shape index (κ2) is 9.26. The molecule has 1 fully saturated rings. The zero-order valence-corrected chi connectivity index (χ0v) is 18.9. The first kappa shape index (κ1) is 20.9. The molecule has 1 aliphatic rings. The smallest absolute Gasteiger partial charge is 0.184 e. The summed E-state index contributed by atoms with van der Waals surface area (Å²) in [5.74, 6) is 1.99. The zero-order chi connectivity index (χ0) is 21.9. The number of anilines is 1. The van der Waals surface area contributed by atoms with E-state index in [0.29, 0.717) is 5.92 Å². The van der Waals surface area contributed by atoms with E-state index < -0.39 is 0 Å². The molecule has 8 heteroatoms. The van der Waals surface area contributed by atoms with Gasteiger partial charge in [-0.2, -0.15) is 5.10 Å². The van der Waals surface area contributed by atoms with Gasteiger partial charge in [-0.15, -0.1) is 0 Å². The molecule has 0 radical (unpaired) electrons. The Morgan fingerprint density at radius 3 is 2.81 bits per heavy atom. The molecule has 0 unspecified atom stereocenters. The topological polar surface area (TPSA) is 85.1 Å². The third-order valence-electron chi connectivity index (χ3n) is 6.05. The highest BCUT2D eigenvalue weighted by molar-refractivity contribution is 7.22. The summed E-state index contributed by atoms with van der Waals surface area (Å²) in [5, 5.41) is 18.5. The summed E-state index contributed by atoms with van der Waals surface area (Å²) in [7, 11) is 1.88. The maximum atomic E-state index is 9.91. The van der Waals surface area contributed by atoms with Crippen LogP contribution >= 0.6 is 11.3 Å². The number of benzene rings is 1. The summed E-state index contributed by atoms with van der Waals surface area (Å²) in [6.45, 7) is 0.135. The summed E-state index contributed by atoms with van der Waals surface area (Å²) in [5.41, 5.74) is 2.69. The molecule has 0 spiro atoms. The fourth-order valence-corrected chi connectivity index (χ4v) is 5.32. The van der Waals surface area contributed by atoms with Crippen LogP contribution in [0.1, 0.15) is 32.1 Å². The Labute approximate surface area is 191 Å². The van der Waals surface area contributed by atoms with Gasteiger partial charge in [-0.05, 0) is 37.0 Å². The standard InChI is InChI=1S/C24H27N5O2S/c1-29-14-17(13-26-29)21-11-19(9-10-25-21)31-18-7-8-20-23(12-18)32-24(27-20)28-22(15-30)16-5-3-2-4-6-16/h7-14,16,22,30H,2-6,15H2,1H3,(H,27,28)/t22-/m0/s1. The zero-order valence-electron chi connectivity index (χ0n) is 18.1. The molecule has 0 aliphatic heterocycles. The Morgan fingerprint density at radius 1 is 1.19 bits per heavy atom. The highest BCUT2D eigenvalue weighted by atomic mass is 32.1. The van der Waals surface area contributed by atoms with E-state index in [9.17, 15) is 5.11 Å². The number of nitrogens with zero attached hydrogens (tertiary/aromatic N) is 4. The van der Waals surface area contributed by atoms with E-state index in [1.165, 1.54) is 32.1 Å². The Bertz CT molecular complexity index is 1200. The summed E-state index contributed by atoms with van der Waals surface area (Å²) in [6.07, 6.45) is 11.6. The average molecular weight is 450 g/mol. The van der Waals surface area contributed by atoms with E-state index in [4.69, 9.17) is 9.72 Å². The van der Waals surface area contributed by atoms with Crippen LogP contribution in [-0.2, 0) is 7.05 Å². The largest absolute Gasteiger partial charge is 0.457 e. The normalized spacial score (nSPS) is 15.7. The first-order valence-corrected chi connectivity index (χ1v) is 11.9. The van der Waals surface area contributed by atoms with Crippen molar-refractivity contribution in [2.75, 3.05) is 11.9 Å². The molecule has 0 bridgehead atoms. The Kier molecular flexibility index (Phi) is 6.05. The summed E-state index contributed by atoms with van der Waals surface area (Å²) < 4.78 is 8.91. The molecular weight excluding hydrogens is 422 g/mol. The number of aliphatic hydroxyl groups is 1. The van der Waals surface area contributed by atoms with Crippen LogP contribution in [0.25, 0.3) is 21.5 Å². The number of aryl methyl sites for hydroxylation is 1. The molecule has 32 heavy (non-hydrogen) atoms. The fraction of sp³-hybridized carbons (Fsp3) is 0.375. The molecule has 0 saturated heterocycles. The molecule has 1 saturated carbocycles. The lowest BCUT2D eigenvalue weighted by atomic mass is 9.84. The van der Waals surface area contributed by atoms with Gasteiger partial charge in [0, 0.05) is 37.1 Å². The van der Waals surface area contributed by atoms with Crippen LogP contribution in [0.3, 0.4) is 0 Å². The Balaban J connectivity index is 1.32. The number of aliphatic hydroxyl groups excluding tert-OH is 1. The van der Waals surface area contributed by atoms with E-state index in [2.05, 4.69) is 15.4 Å². The van der Waals surface area contributed by atoms with E-state index in [1.54, 1.807) is 28.4 Å². The van der Waals surface area contributed by atoms with Gasteiger partial charge in [0.2, 0.25) is 0 Å². The minimum absolute atomic E-state index is 0.0642. The molecule has 7 nitrogen and oxygen atoms in total. The van der Waals surface area contributed by atoms with Gasteiger partial charge in [0.15, 0.2) is 5.13 Å². The molecule has 0 amide bonds. The monoisotopic (exact) mass is 449 g/mol. The minimum atomic E-state index is 0.0642. The number of hydrogen-bond donors (Lipinski definition) is 2. The van der Waals surface area contributed by atoms with Crippen LogP contribution < -0.4 is 10.1 Å². The van der Waals surface area contributed by atoms with Crippen molar-refractivity contribution in [1.82, 2.24) is 19.7 Å². The van der Waals surface area contributed by atoms with E-state index in [1.807, 2.05) is 43.6 Å². The van der Waals surface area contributed by atoms with E-state index >= 15 is 0 Å². The van der Waals surface area contributed by atoms with Crippen molar-refractivity contribution in [3.8, 4) is 22.8 Å². The number of hydrogen-bond acceptors (Lipinski definition) is 7. The molecule has 3 heterocycles. The number of thiazole rings is 1. The quantitative estimate of drug-likeness (QED) is 0.401. The van der Waals surface area contributed by atoms with Crippen molar-refractivity contribution in [1.29, 1.82) is 0 Å². The minimum Gasteiger partial charge on any atom is -0.457 e. The van der Waals surface area contributed by atoms with Gasteiger partial charge < -0.3 is 15.2 Å². The fourth-order valence-electron chi connectivity index (χ4n) is 4.36. The number of fused-ring (bicyclic) bond motifs is 1. The lowest BCUT2D eigenvalue weighted by molar-refractivity contribution is 0.209. The number of rotatable bonds is 7. The summed E-state index contributed by atoms with van der Waals surface area (Å²) >= 11 is 1.60. The molecule has 1 aromatic carbocycles. The molecule has 2 N–H and O–H groups in total. The van der Waals surface area contributed by atoms with Gasteiger partial charge in [0.1, 0.15) is 11.5 Å². The van der Waals surface area contributed by atoms with Crippen LogP contribution in [0.15, 0.2) is 48.9 Å². The molecule has 1 aliphatic carbocycles. The first-order valence-electron chi connectivity index (χ1n) is 11.1. The highest BCUT2D eigenvalue weighted by Crippen LogP contribution is 2.34. The molecular formula is C24H27N5O2S. The molecule has 4 aromatic rings. The number of pyridine rings is 1. The second-order valence-electron chi connectivity index (χ2n) is 8.36. The van der Waals surface area contributed by atoms with Gasteiger partial charge in [0.05, 0.1) is 34.8 Å². The predicted octanol–water partition coefficient (Wildman–Crippen LogP) is 5.24. The van der Waals surface area contributed by atoms with Crippen molar-refractivity contribution >= 4 is 26.7 Å². The van der Waals surface area contributed by atoms with Crippen LogP contribution in [0.5, 0.6) is 11.5 Å². The van der Waals surface area contributed by atoms with E-state index in [-0.39, 0.29) is 12.6 Å². The lowest BCUT2D eigenvalue weighted by Gasteiger charge is -2.29. The third kappa shape index (κ3) is 4.61. The lowest BCUT2D eigenvalue weighted by Crippen LogP contribution is -2.33. The maximum absolute atomic E-state index is 9.91. The van der Waals surface area contributed by atoms with Crippen LogP contribution in [0, 0.1) is 5.92 Å². The molecule has 1 atom stereocenters. The van der Waals surface area contributed by atoms with Crippen molar-refractivity contribution < 1.29 is 9.84 Å². The van der Waals surface area contributed by atoms with Gasteiger partial charge in [-0.25, -0.2) is 4.98 Å². The SMILES string of the molecule is Cn1cc(-c2cc(Oc3ccc4nc(N[C@@H](CO)C5CCCCC5)sc4c3)ccn2)cn1. The molecule has 166 valence electrons. The van der Waals surface area contributed by atoms with Gasteiger partial charge >= 0.3 is 0 Å². The van der Waals surface area contributed by atoms with Gasteiger partial charge in [-0.3, -0.25) is 9.67 Å². The van der Waals surface area contributed by atoms with Crippen molar-refractivity contribution in [3.63, 3.8) is 0 Å². The second-order valence-corrected chi connectivity index (χ2v) is 9.39. The van der Waals surface area contributed by atoms with Crippen LogP contribution in [0.4, 0.5) is 5.13 Å². The van der Waals surface area contributed by atoms with Crippen molar-refractivity contribution in [2.24, 2.45) is 13.0 Å². The molecule has 3 aromatic heterocycles. The first-order chi connectivity index (χ1) is 15.7. The van der Waals surface area contributed by atoms with Crippen molar-refractivity contribution in [2.45, 2.75) is 38.1 Å². The molecule has 5 rings (SSSR count). The summed E-state index contributed by atoms with van der Waals surface area (Å²) in [4.78, 5) is 9.14. The Hall–Kier alpha value is -2.97. The van der Waals surface area contributed by atoms with Crippen LogP contribution in [-0.4, -0.2) is 37.5 Å². The van der Waals surface area contributed by atoms with Crippen molar-refractivity contribution in [3.05, 3.63) is 48.9 Å². The summed E-state index contributed by atoms with van der Waals surface area (Å²) in [6, 6.07) is 9.74. The number of ether oxygens (including phenoxy) is 1. The highest BCUT2D eigenvalue weighted by Gasteiger charge is 2.24. The maximum Gasteiger partial charge on any atom is 0.184 e. The average Bonchev–Trinajstić information content (AvgIpc) is 3.43.